The molecule has 0 atom stereocenters. The van der Waals surface area contributed by atoms with Gasteiger partial charge in [0.1, 0.15) is 5.60 Å². The minimum Gasteiger partial charge on any atom is -0.460 e. The van der Waals surface area contributed by atoms with E-state index in [1.807, 2.05) is 20.8 Å². The number of nitrogens with zero attached hydrogens (tertiary/aromatic N) is 8. The molecule has 4 heterocycles. The highest BCUT2D eigenvalue weighted by atomic mass is 16.6. The molecule has 2 N–H and O–H groups in total. The maximum absolute atomic E-state index is 12.3. The summed E-state index contributed by atoms with van der Waals surface area (Å²) in [6, 6.07) is 10.8. The molecule has 2 saturated heterocycles. The summed E-state index contributed by atoms with van der Waals surface area (Å²) in [5, 5.41) is 0. The first-order valence-corrected chi connectivity index (χ1v) is 17.6. The second kappa shape index (κ2) is 16.8. The van der Waals surface area contributed by atoms with Crippen LogP contribution in [0, 0.1) is 19.1 Å². The van der Waals surface area contributed by atoms with Crippen LogP contribution in [0.4, 0.5) is 11.4 Å². The molecule has 6 rings (SSSR count). The van der Waals surface area contributed by atoms with Gasteiger partial charge in [-0.15, -0.1) is 0 Å². The summed E-state index contributed by atoms with van der Waals surface area (Å²) in [6.45, 7) is 26.5. The number of hydrogen-bond acceptors (Lipinski definition) is 9. The van der Waals surface area contributed by atoms with Crippen LogP contribution in [-0.2, 0) is 22.6 Å². The molecule has 268 valence electrons. The summed E-state index contributed by atoms with van der Waals surface area (Å²) < 4.78 is 8.84. The first-order valence-electron chi connectivity index (χ1n) is 17.6. The number of nitrogens with two attached hydrogens (primary N) is 1. The van der Waals surface area contributed by atoms with Crippen molar-refractivity contribution in [2.45, 2.75) is 77.6 Å². The number of fused-ring (bicyclic) bond motifs is 2. The highest BCUT2D eigenvalue weighted by molar-refractivity contribution is 5.80. The van der Waals surface area contributed by atoms with E-state index in [0.717, 1.165) is 76.0 Å². The SMILES string of the molecule is [C-]#[N+]c1ccc2ncc(=O)n(CCN3CCC(CC(=O)OC(C)(C)C)CC3)c2c1.[C-]#[N+]c1ccc2ncc(=O)n(CCN3CCC(N)CC3)c2c1. The highest BCUT2D eigenvalue weighted by Gasteiger charge is 2.24. The molecular formula is C38H47N9O4. The molecule has 13 nitrogen and oxygen atoms in total. The first-order chi connectivity index (χ1) is 24.4. The molecule has 0 amide bonds. The Bertz CT molecular complexity index is 2040. The minimum absolute atomic E-state index is 0.122. The van der Waals surface area contributed by atoms with Gasteiger partial charge in [0.15, 0.2) is 11.4 Å². The van der Waals surface area contributed by atoms with Crippen molar-refractivity contribution in [3.63, 3.8) is 0 Å². The van der Waals surface area contributed by atoms with E-state index in [2.05, 4.69) is 29.5 Å². The Labute approximate surface area is 298 Å². The van der Waals surface area contributed by atoms with E-state index in [-0.39, 0.29) is 17.1 Å². The van der Waals surface area contributed by atoms with E-state index in [1.165, 1.54) is 12.4 Å². The van der Waals surface area contributed by atoms with E-state index < -0.39 is 5.60 Å². The minimum atomic E-state index is -0.439. The van der Waals surface area contributed by atoms with E-state index >= 15 is 0 Å². The lowest BCUT2D eigenvalue weighted by Crippen LogP contribution is -2.41. The molecule has 0 unspecified atom stereocenters. The molecule has 0 aliphatic carbocycles. The van der Waals surface area contributed by atoms with Gasteiger partial charge in [0.2, 0.25) is 0 Å². The maximum Gasteiger partial charge on any atom is 0.306 e. The first kappa shape index (κ1) is 37.3. The van der Waals surface area contributed by atoms with Crippen molar-refractivity contribution < 1.29 is 9.53 Å². The number of esters is 1. The van der Waals surface area contributed by atoms with Crippen LogP contribution < -0.4 is 16.9 Å². The molecule has 2 fully saturated rings. The van der Waals surface area contributed by atoms with E-state index in [0.29, 0.717) is 53.9 Å². The molecule has 13 heteroatoms. The number of ether oxygens (including phenoxy) is 1. The van der Waals surface area contributed by atoms with Crippen molar-refractivity contribution in [2.24, 2.45) is 11.7 Å². The van der Waals surface area contributed by atoms with Crippen LogP contribution >= 0.6 is 0 Å². The van der Waals surface area contributed by atoms with Gasteiger partial charge >= 0.3 is 5.97 Å². The number of aromatic nitrogens is 4. The Morgan fingerprint density at radius 2 is 1.24 bits per heavy atom. The molecule has 0 spiro atoms. The van der Waals surface area contributed by atoms with Gasteiger partial charge in [-0.05, 0) is 103 Å². The monoisotopic (exact) mass is 693 g/mol. The third kappa shape index (κ3) is 10.3. The molecular weight excluding hydrogens is 646 g/mol. The number of rotatable bonds is 8. The van der Waals surface area contributed by atoms with Crippen LogP contribution in [-0.4, -0.2) is 85.8 Å². The van der Waals surface area contributed by atoms with Crippen molar-refractivity contribution in [1.82, 2.24) is 28.9 Å². The van der Waals surface area contributed by atoms with Crippen molar-refractivity contribution in [3.05, 3.63) is 92.3 Å². The van der Waals surface area contributed by atoms with Crippen molar-refractivity contribution in [2.75, 3.05) is 39.3 Å². The van der Waals surface area contributed by atoms with Crippen LogP contribution in [0.15, 0.2) is 58.4 Å². The summed E-state index contributed by atoms with van der Waals surface area (Å²) >= 11 is 0. The second-order valence-electron chi connectivity index (χ2n) is 14.3. The van der Waals surface area contributed by atoms with E-state index in [4.69, 9.17) is 23.6 Å². The summed E-state index contributed by atoms with van der Waals surface area (Å²) in [7, 11) is 0. The Kier molecular flexibility index (Phi) is 12.3. The van der Waals surface area contributed by atoms with Gasteiger partial charge in [0.05, 0.1) is 47.6 Å². The largest absolute Gasteiger partial charge is 0.460 e. The fourth-order valence-electron chi connectivity index (χ4n) is 6.59. The lowest BCUT2D eigenvalue weighted by Gasteiger charge is -2.32. The van der Waals surface area contributed by atoms with Gasteiger partial charge in [-0.3, -0.25) is 14.4 Å². The number of benzene rings is 2. The fraction of sp³-hybridized carbons (Fsp3) is 0.500. The Morgan fingerprint density at radius 3 is 1.67 bits per heavy atom. The predicted molar refractivity (Wildman–Crippen MR) is 198 cm³/mol. The average molecular weight is 694 g/mol. The smallest absolute Gasteiger partial charge is 0.306 e. The zero-order chi connectivity index (χ0) is 36.5. The molecule has 0 saturated carbocycles. The average Bonchev–Trinajstić information content (AvgIpc) is 3.11. The molecule has 51 heavy (non-hydrogen) atoms. The van der Waals surface area contributed by atoms with Crippen LogP contribution in [0.2, 0.25) is 0 Å². The zero-order valence-electron chi connectivity index (χ0n) is 29.8. The number of likely N-dealkylation sites (tertiary alicyclic amines) is 2. The third-order valence-electron chi connectivity index (χ3n) is 9.41. The van der Waals surface area contributed by atoms with Gasteiger partial charge in [-0.25, -0.2) is 19.7 Å². The van der Waals surface area contributed by atoms with Crippen molar-refractivity contribution in [3.8, 4) is 0 Å². The summed E-state index contributed by atoms with van der Waals surface area (Å²) in [6.07, 6.45) is 7.08. The van der Waals surface area contributed by atoms with Crippen LogP contribution in [0.1, 0.15) is 52.9 Å². The molecule has 4 aromatic rings. The quantitative estimate of drug-likeness (QED) is 0.205. The van der Waals surface area contributed by atoms with E-state index in [1.54, 1.807) is 45.5 Å². The fourth-order valence-corrected chi connectivity index (χ4v) is 6.59. The van der Waals surface area contributed by atoms with Gasteiger partial charge < -0.3 is 29.4 Å². The van der Waals surface area contributed by atoms with E-state index in [9.17, 15) is 14.4 Å². The molecule has 2 aliphatic rings. The van der Waals surface area contributed by atoms with Crippen LogP contribution in [0.25, 0.3) is 31.8 Å². The molecule has 0 radical (unpaired) electrons. The number of piperidine rings is 2. The van der Waals surface area contributed by atoms with Gasteiger partial charge in [-0.1, -0.05) is 12.1 Å². The Hall–Kier alpha value is -4.95. The summed E-state index contributed by atoms with van der Waals surface area (Å²) in [5.41, 5.74) is 9.12. The van der Waals surface area contributed by atoms with Gasteiger partial charge in [0.25, 0.3) is 11.1 Å². The lowest BCUT2D eigenvalue weighted by molar-refractivity contribution is -0.156. The standard InChI is InChI=1S/C22H28N4O3.C16H19N5O/c1-22(2,3)29-21(28)13-16-7-9-25(10-8-16)11-12-26-19-14-17(23-4)5-6-18(19)24-15-20(26)27;1-18-13-2-3-14-15(10-13)21(16(22)11-19-14)9-8-20-6-4-12(17)5-7-20/h5-6,14-16H,7-13H2,1-3H3;2-3,10-12H,4-9,17H2. The number of carbonyl (C=O) groups is 1. The zero-order valence-corrected chi connectivity index (χ0v) is 29.8. The Balaban J connectivity index is 0.000000205. The third-order valence-corrected chi connectivity index (χ3v) is 9.41. The van der Waals surface area contributed by atoms with Crippen molar-refractivity contribution in [1.29, 1.82) is 0 Å². The molecule has 2 aromatic carbocycles. The molecule has 2 aromatic heterocycles. The predicted octanol–water partition coefficient (Wildman–Crippen LogP) is 4.76. The van der Waals surface area contributed by atoms with Gasteiger partial charge in [-0.2, -0.15) is 0 Å². The lowest BCUT2D eigenvalue weighted by atomic mass is 9.93. The topological polar surface area (TPSA) is 137 Å². The number of hydrogen-bond donors (Lipinski definition) is 1. The Morgan fingerprint density at radius 1 is 0.784 bits per heavy atom. The normalized spacial score (nSPS) is 16.3. The summed E-state index contributed by atoms with van der Waals surface area (Å²) in [4.78, 5) is 56.4. The summed E-state index contributed by atoms with van der Waals surface area (Å²) in [5.74, 6) is 0.230. The number of carbonyl (C=O) groups excluding carboxylic acids is 1. The van der Waals surface area contributed by atoms with Crippen LogP contribution in [0.3, 0.4) is 0 Å². The maximum atomic E-state index is 12.3. The molecule has 2 aliphatic heterocycles. The van der Waals surface area contributed by atoms with Crippen LogP contribution in [0.5, 0.6) is 0 Å². The van der Waals surface area contributed by atoms with Gasteiger partial charge in [0, 0.05) is 38.6 Å². The second-order valence-corrected chi connectivity index (χ2v) is 14.3. The highest BCUT2D eigenvalue weighted by Crippen LogP contribution is 2.23. The molecule has 0 bridgehead atoms. The van der Waals surface area contributed by atoms with Crippen molar-refractivity contribution >= 4 is 39.4 Å².